The number of nitrogens with one attached hydrogen (secondary N) is 2. The highest BCUT2D eigenvalue weighted by Gasteiger charge is 2.17. The highest BCUT2D eigenvalue weighted by atomic mass is 32.1. The quantitative estimate of drug-likeness (QED) is 0.698. The first-order chi connectivity index (χ1) is 12.5. The second kappa shape index (κ2) is 9.96. The van der Waals surface area contributed by atoms with E-state index >= 15 is 0 Å². The summed E-state index contributed by atoms with van der Waals surface area (Å²) in [4.78, 5) is 29.1. The van der Waals surface area contributed by atoms with Crippen LogP contribution in [0.4, 0.5) is 4.79 Å². The van der Waals surface area contributed by atoms with Gasteiger partial charge in [0.05, 0.1) is 23.6 Å². The third-order valence-electron chi connectivity index (χ3n) is 3.52. The standard InChI is InChI=1S/C18H25N3O4S/c1-4-24-18(23)21-13(8-12(2)3)10-19-16(22)9-14-11-25-17(20-14)15-6-5-7-26-15/h5-7,11-13H,4,8-10H2,1-3H3,(H,19,22)(H,21,23). The summed E-state index contributed by atoms with van der Waals surface area (Å²) in [6, 6.07) is 3.65. The van der Waals surface area contributed by atoms with Crippen molar-refractivity contribution in [1.82, 2.24) is 15.6 Å². The second-order valence-corrected chi connectivity index (χ2v) is 7.24. The lowest BCUT2D eigenvalue weighted by molar-refractivity contribution is -0.120. The SMILES string of the molecule is CCOC(=O)NC(CNC(=O)Cc1coc(-c2cccs2)n1)CC(C)C. The highest BCUT2D eigenvalue weighted by Crippen LogP contribution is 2.23. The molecule has 26 heavy (non-hydrogen) atoms. The summed E-state index contributed by atoms with van der Waals surface area (Å²) in [6.45, 7) is 6.52. The molecule has 2 aromatic heterocycles. The fourth-order valence-electron chi connectivity index (χ4n) is 2.47. The Balaban J connectivity index is 1.84. The van der Waals surface area contributed by atoms with Crippen molar-refractivity contribution in [3.05, 3.63) is 29.5 Å². The summed E-state index contributed by atoms with van der Waals surface area (Å²) >= 11 is 1.53. The average molecular weight is 379 g/mol. The van der Waals surface area contributed by atoms with Gasteiger partial charge < -0.3 is 19.8 Å². The van der Waals surface area contributed by atoms with Gasteiger partial charge in [-0.3, -0.25) is 4.79 Å². The van der Waals surface area contributed by atoms with Crippen LogP contribution in [0.3, 0.4) is 0 Å². The van der Waals surface area contributed by atoms with E-state index in [1.54, 1.807) is 6.92 Å². The van der Waals surface area contributed by atoms with E-state index in [-0.39, 0.29) is 18.4 Å². The van der Waals surface area contributed by atoms with Crippen molar-refractivity contribution in [3.63, 3.8) is 0 Å². The van der Waals surface area contributed by atoms with Crippen LogP contribution in [0.25, 0.3) is 10.8 Å². The Bertz CT molecular complexity index is 697. The maximum atomic E-state index is 12.2. The number of carbonyl (C=O) groups is 2. The first-order valence-corrected chi connectivity index (χ1v) is 9.54. The van der Waals surface area contributed by atoms with Crippen molar-refractivity contribution in [3.8, 4) is 10.8 Å². The summed E-state index contributed by atoms with van der Waals surface area (Å²) in [6.07, 6.45) is 1.90. The number of carbonyl (C=O) groups excluding carboxylic acids is 2. The van der Waals surface area contributed by atoms with E-state index in [9.17, 15) is 9.59 Å². The Labute approximate surface area is 157 Å². The van der Waals surface area contributed by atoms with Gasteiger partial charge in [0.2, 0.25) is 11.8 Å². The number of rotatable bonds is 9. The second-order valence-electron chi connectivity index (χ2n) is 6.29. The molecule has 8 heteroatoms. The van der Waals surface area contributed by atoms with Gasteiger partial charge in [0, 0.05) is 12.6 Å². The molecule has 0 spiro atoms. The van der Waals surface area contributed by atoms with Crippen LogP contribution in [0.1, 0.15) is 32.9 Å². The monoisotopic (exact) mass is 379 g/mol. The predicted octanol–water partition coefficient (Wildman–Crippen LogP) is 3.22. The molecular formula is C18H25N3O4S. The third kappa shape index (κ3) is 6.51. The zero-order valence-electron chi connectivity index (χ0n) is 15.3. The van der Waals surface area contributed by atoms with Crippen molar-refractivity contribution < 1.29 is 18.7 Å². The molecule has 0 saturated carbocycles. The van der Waals surface area contributed by atoms with E-state index < -0.39 is 6.09 Å². The Morgan fingerprint density at radius 2 is 2.19 bits per heavy atom. The molecule has 1 atom stereocenters. The molecule has 2 amide bonds. The van der Waals surface area contributed by atoms with E-state index in [1.807, 2.05) is 17.5 Å². The average Bonchev–Trinajstić information content (AvgIpc) is 3.23. The van der Waals surface area contributed by atoms with E-state index in [4.69, 9.17) is 9.15 Å². The van der Waals surface area contributed by atoms with Gasteiger partial charge in [0.1, 0.15) is 6.26 Å². The van der Waals surface area contributed by atoms with Gasteiger partial charge in [-0.25, -0.2) is 9.78 Å². The van der Waals surface area contributed by atoms with E-state index in [0.29, 0.717) is 30.7 Å². The molecule has 2 heterocycles. The number of hydrogen-bond acceptors (Lipinski definition) is 6. The van der Waals surface area contributed by atoms with Crippen LogP contribution in [0, 0.1) is 5.92 Å². The molecule has 0 bridgehead atoms. The molecule has 142 valence electrons. The van der Waals surface area contributed by atoms with Crippen LogP contribution in [-0.2, 0) is 16.0 Å². The van der Waals surface area contributed by atoms with Crippen molar-refractivity contribution >= 4 is 23.3 Å². The molecule has 7 nitrogen and oxygen atoms in total. The smallest absolute Gasteiger partial charge is 0.407 e. The molecule has 1 unspecified atom stereocenters. The number of nitrogens with zero attached hydrogens (tertiary/aromatic N) is 1. The Morgan fingerprint density at radius 1 is 1.38 bits per heavy atom. The molecule has 0 aliphatic carbocycles. The van der Waals surface area contributed by atoms with Crippen LogP contribution in [0.2, 0.25) is 0 Å². The highest BCUT2D eigenvalue weighted by molar-refractivity contribution is 7.13. The maximum Gasteiger partial charge on any atom is 0.407 e. The molecule has 0 aliphatic rings. The lowest BCUT2D eigenvalue weighted by Gasteiger charge is -2.20. The number of aromatic nitrogens is 1. The van der Waals surface area contributed by atoms with Gasteiger partial charge in [-0.05, 0) is 30.7 Å². The van der Waals surface area contributed by atoms with Crippen molar-refractivity contribution in [2.45, 2.75) is 39.7 Å². The van der Waals surface area contributed by atoms with Crippen molar-refractivity contribution in [1.29, 1.82) is 0 Å². The zero-order valence-corrected chi connectivity index (χ0v) is 16.1. The summed E-state index contributed by atoms with van der Waals surface area (Å²) < 4.78 is 10.3. The van der Waals surface area contributed by atoms with Crippen LogP contribution >= 0.6 is 11.3 Å². The first kappa shape index (κ1) is 20.0. The molecule has 0 fully saturated rings. The molecular weight excluding hydrogens is 354 g/mol. The van der Waals surface area contributed by atoms with Crippen molar-refractivity contribution in [2.75, 3.05) is 13.2 Å². The summed E-state index contributed by atoms with van der Waals surface area (Å²) in [5.41, 5.74) is 0.574. The summed E-state index contributed by atoms with van der Waals surface area (Å²) in [7, 11) is 0. The number of thiophene rings is 1. The van der Waals surface area contributed by atoms with Gasteiger partial charge >= 0.3 is 6.09 Å². The number of hydrogen-bond donors (Lipinski definition) is 2. The lowest BCUT2D eigenvalue weighted by Crippen LogP contribution is -2.44. The van der Waals surface area contributed by atoms with E-state index in [2.05, 4.69) is 29.5 Å². The number of ether oxygens (including phenoxy) is 1. The minimum absolute atomic E-state index is 0.128. The molecule has 2 N–H and O–H groups in total. The number of oxazole rings is 1. The Kier molecular flexibility index (Phi) is 7.65. The molecule has 0 radical (unpaired) electrons. The van der Waals surface area contributed by atoms with Crippen molar-refractivity contribution in [2.24, 2.45) is 5.92 Å². The fourth-order valence-corrected chi connectivity index (χ4v) is 3.12. The summed E-state index contributed by atoms with van der Waals surface area (Å²) in [5.74, 6) is 0.725. The molecule has 0 aliphatic heterocycles. The Morgan fingerprint density at radius 3 is 2.85 bits per heavy atom. The molecule has 2 rings (SSSR count). The number of alkyl carbamates (subject to hydrolysis) is 1. The minimum Gasteiger partial charge on any atom is -0.450 e. The molecule has 2 aromatic rings. The van der Waals surface area contributed by atoms with Crippen LogP contribution in [-0.4, -0.2) is 36.2 Å². The fraction of sp³-hybridized carbons (Fsp3) is 0.500. The van der Waals surface area contributed by atoms with Gasteiger partial charge in [0.25, 0.3) is 0 Å². The van der Waals surface area contributed by atoms with Crippen LogP contribution < -0.4 is 10.6 Å². The van der Waals surface area contributed by atoms with E-state index in [1.165, 1.54) is 17.6 Å². The minimum atomic E-state index is -0.468. The maximum absolute atomic E-state index is 12.2. The molecule has 0 saturated heterocycles. The predicted molar refractivity (Wildman–Crippen MR) is 99.9 cm³/mol. The number of amides is 2. The first-order valence-electron chi connectivity index (χ1n) is 8.66. The Hall–Kier alpha value is -2.35. The van der Waals surface area contributed by atoms with Gasteiger partial charge in [-0.1, -0.05) is 19.9 Å². The third-order valence-corrected chi connectivity index (χ3v) is 4.38. The normalized spacial score (nSPS) is 12.0. The summed E-state index contributed by atoms with van der Waals surface area (Å²) in [5, 5.41) is 7.56. The van der Waals surface area contributed by atoms with Crippen LogP contribution in [0.15, 0.2) is 28.2 Å². The van der Waals surface area contributed by atoms with Gasteiger partial charge in [-0.15, -0.1) is 11.3 Å². The van der Waals surface area contributed by atoms with E-state index in [0.717, 1.165) is 11.3 Å². The zero-order chi connectivity index (χ0) is 18.9. The van der Waals surface area contributed by atoms with Gasteiger partial charge in [0.15, 0.2) is 0 Å². The largest absolute Gasteiger partial charge is 0.450 e. The lowest BCUT2D eigenvalue weighted by atomic mass is 10.0. The topological polar surface area (TPSA) is 93.5 Å². The van der Waals surface area contributed by atoms with Crippen LogP contribution in [0.5, 0.6) is 0 Å². The van der Waals surface area contributed by atoms with Gasteiger partial charge in [-0.2, -0.15) is 0 Å². The molecule has 0 aromatic carbocycles.